The Morgan fingerprint density at radius 1 is 1.75 bits per heavy atom. The Bertz CT molecular complexity index is 90.4. The van der Waals surface area contributed by atoms with Crippen LogP contribution in [-0.4, -0.2) is 31.5 Å². The van der Waals surface area contributed by atoms with Crippen LogP contribution >= 0.6 is 0 Å². The van der Waals surface area contributed by atoms with Gasteiger partial charge in [-0.15, -0.1) is 0 Å². The summed E-state index contributed by atoms with van der Waals surface area (Å²) >= 11 is 0. The van der Waals surface area contributed by atoms with Crippen molar-refractivity contribution in [3.63, 3.8) is 0 Å². The molecule has 1 atom stereocenters. The van der Waals surface area contributed by atoms with Crippen molar-refractivity contribution in [1.82, 2.24) is 5.32 Å². The molecule has 2 nitrogen and oxygen atoms in total. The summed E-state index contributed by atoms with van der Waals surface area (Å²) in [7, 11) is 7.06. The fourth-order valence-electron chi connectivity index (χ4n) is 0.828. The van der Waals surface area contributed by atoms with E-state index in [-0.39, 0.29) is 5.54 Å². The molecule has 0 saturated heterocycles. The van der Waals surface area contributed by atoms with E-state index in [1.807, 2.05) is 7.05 Å². The fraction of sp³-hybridized carbons (Fsp3) is 1.00. The van der Waals surface area contributed by atoms with Gasteiger partial charge in [0.15, 0.2) is 0 Å². The molecule has 1 aliphatic rings. The van der Waals surface area contributed by atoms with Gasteiger partial charge in [-0.05, 0) is 19.9 Å². The zero-order valence-electron chi connectivity index (χ0n) is 5.02. The first-order valence-corrected chi connectivity index (χ1v) is 2.84. The maximum Gasteiger partial charge on any atom is 0.111 e. The zero-order valence-corrected chi connectivity index (χ0v) is 5.02. The van der Waals surface area contributed by atoms with Crippen molar-refractivity contribution in [2.45, 2.75) is 24.4 Å². The van der Waals surface area contributed by atoms with Gasteiger partial charge >= 0.3 is 0 Å². The third-order valence-electron chi connectivity index (χ3n) is 1.85. The summed E-state index contributed by atoms with van der Waals surface area (Å²) in [4.78, 5) is 0. The summed E-state index contributed by atoms with van der Waals surface area (Å²) in [6, 6.07) is -0.688. The quantitative estimate of drug-likeness (QED) is 0.458. The predicted molar refractivity (Wildman–Crippen MR) is 32.8 cm³/mol. The molecule has 1 fully saturated rings. The standard InChI is InChI=1S/C5H10BNO/c1-7-5(2-3-5)4(6)8/h4,7-8H,2-3H2,1H3. The summed E-state index contributed by atoms with van der Waals surface area (Å²) in [5.74, 6) is 0. The molecule has 0 spiro atoms. The highest BCUT2D eigenvalue weighted by Crippen LogP contribution is 2.36. The fourth-order valence-corrected chi connectivity index (χ4v) is 0.828. The molecule has 1 saturated carbocycles. The smallest absolute Gasteiger partial charge is 0.111 e. The topological polar surface area (TPSA) is 32.3 Å². The predicted octanol–water partition coefficient (Wildman–Crippen LogP) is -0.775. The molecule has 2 N–H and O–H groups in total. The highest BCUT2D eigenvalue weighted by molar-refractivity contribution is 6.12. The first-order chi connectivity index (χ1) is 3.71. The minimum atomic E-state index is -0.688. The molecule has 0 aromatic rings. The number of rotatable bonds is 2. The maximum atomic E-state index is 8.86. The van der Waals surface area contributed by atoms with E-state index in [4.69, 9.17) is 13.0 Å². The summed E-state index contributed by atoms with van der Waals surface area (Å²) in [5.41, 5.74) is -0.125. The lowest BCUT2D eigenvalue weighted by atomic mass is 9.90. The molecule has 0 bridgehead atoms. The van der Waals surface area contributed by atoms with Gasteiger partial charge in [0.2, 0.25) is 0 Å². The van der Waals surface area contributed by atoms with E-state index >= 15 is 0 Å². The van der Waals surface area contributed by atoms with Crippen LogP contribution in [0.1, 0.15) is 12.8 Å². The van der Waals surface area contributed by atoms with Crippen LogP contribution in [0, 0.1) is 0 Å². The van der Waals surface area contributed by atoms with E-state index in [2.05, 4.69) is 5.32 Å². The minimum Gasteiger partial charge on any atom is -0.401 e. The molecule has 44 valence electrons. The van der Waals surface area contributed by atoms with Crippen LogP contribution in [0.3, 0.4) is 0 Å². The average molecular weight is 111 g/mol. The molecular formula is C5H10BNO. The Morgan fingerprint density at radius 3 is 2.25 bits per heavy atom. The van der Waals surface area contributed by atoms with E-state index in [0.717, 1.165) is 12.8 Å². The van der Waals surface area contributed by atoms with Crippen molar-refractivity contribution < 1.29 is 5.11 Å². The number of likely N-dealkylation sites (N-methyl/N-ethyl adjacent to an activating group) is 1. The van der Waals surface area contributed by atoms with Gasteiger partial charge in [-0.25, -0.2) is 0 Å². The molecule has 1 rings (SSSR count). The molecular weight excluding hydrogens is 101 g/mol. The van der Waals surface area contributed by atoms with Crippen molar-refractivity contribution >= 4 is 7.85 Å². The highest BCUT2D eigenvalue weighted by Gasteiger charge is 2.44. The number of aliphatic hydroxyl groups is 1. The van der Waals surface area contributed by atoms with E-state index in [9.17, 15) is 0 Å². The Balaban J connectivity index is 2.41. The molecule has 3 heteroatoms. The summed E-state index contributed by atoms with van der Waals surface area (Å²) in [6.45, 7) is 0. The van der Waals surface area contributed by atoms with Gasteiger partial charge in [0.1, 0.15) is 7.85 Å². The molecule has 2 radical (unpaired) electrons. The first kappa shape index (κ1) is 6.11. The van der Waals surface area contributed by atoms with Gasteiger partial charge in [0.05, 0.1) is 0 Å². The highest BCUT2D eigenvalue weighted by atomic mass is 16.3. The third kappa shape index (κ3) is 0.760. The Morgan fingerprint density at radius 2 is 2.25 bits per heavy atom. The SMILES string of the molecule is [B]C(O)C1(NC)CC1. The molecule has 0 heterocycles. The van der Waals surface area contributed by atoms with E-state index in [1.165, 1.54) is 0 Å². The van der Waals surface area contributed by atoms with Crippen LogP contribution in [0.15, 0.2) is 0 Å². The normalized spacial score (nSPS) is 27.2. The number of hydrogen-bond acceptors (Lipinski definition) is 2. The second kappa shape index (κ2) is 1.74. The van der Waals surface area contributed by atoms with E-state index in [1.54, 1.807) is 0 Å². The third-order valence-corrected chi connectivity index (χ3v) is 1.85. The minimum absolute atomic E-state index is 0.125. The van der Waals surface area contributed by atoms with Crippen LogP contribution < -0.4 is 5.32 Å². The van der Waals surface area contributed by atoms with Crippen LogP contribution in [-0.2, 0) is 0 Å². The Kier molecular flexibility index (Phi) is 1.33. The first-order valence-electron chi connectivity index (χ1n) is 2.84. The summed E-state index contributed by atoms with van der Waals surface area (Å²) in [5, 5.41) is 11.8. The van der Waals surface area contributed by atoms with Crippen molar-refractivity contribution in [2.24, 2.45) is 0 Å². The lowest BCUT2D eigenvalue weighted by Gasteiger charge is -2.16. The number of nitrogens with one attached hydrogen (secondary N) is 1. The van der Waals surface area contributed by atoms with E-state index in [0.29, 0.717) is 0 Å². The molecule has 0 aliphatic heterocycles. The van der Waals surface area contributed by atoms with Crippen LogP contribution in [0.2, 0.25) is 0 Å². The molecule has 0 amide bonds. The lowest BCUT2D eigenvalue weighted by Crippen LogP contribution is -2.40. The van der Waals surface area contributed by atoms with Gasteiger partial charge in [0.25, 0.3) is 0 Å². The second-order valence-corrected chi connectivity index (χ2v) is 2.35. The van der Waals surface area contributed by atoms with E-state index < -0.39 is 6.00 Å². The van der Waals surface area contributed by atoms with Crippen LogP contribution in [0.5, 0.6) is 0 Å². The van der Waals surface area contributed by atoms with Gasteiger partial charge in [-0.1, -0.05) is 0 Å². The zero-order chi connectivity index (χ0) is 6.20. The number of hydrogen-bond donors (Lipinski definition) is 2. The van der Waals surface area contributed by atoms with Crippen molar-refractivity contribution in [3.05, 3.63) is 0 Å². The van der Waals surface area contributed by atoms with Crippen molar-refractivity contribution in [1.29, 1.82) is 0 Å². The van der Waals surface area contributed by atoms with Gasteiger partial charge in [-0.2, -0.15) is 0 Å². The molecule has 0 aromatic carbocycles. The summed E-state index contributed by atoms with van der Waals surface area (Å²) < 4.78 is 0. The van der Waals surface area contributed by atoms with Gasteiger partial charge in [-0.3, -0.25) is 0 Å². The average Bonchev–Trinajstić information content (AvgIpc) is 2.44. The Labute approximate surface area is 50.7 Å². The lowest BCUT2D eigenvalue weighted by molar-refractivity contribution is 0.195. The molecule has 1 aliphatic carbocycles. The largest absolute Gasteiger partial charge is 0.401 e. The number of aliphatic hydroxyl groups excluding tert-OH is 1. The van der Waals surface area contributed by atoms with Gasteiger partial charge < -0.3 is 10.4 Å². The van der Waals surface area contributed by atoms with Crippen molar-refractivity contribution in [2.75, 3.05) is 7.05 Å². The van der Waals surface area contributed by atoms with Crippen molar-refractivity contribution in [3.8, 4) is 0 Å². The molecule has 0 aromatic heterocycles. The Hall–Kier alpha value is -0.0151. The van der Waals surface area contributed by atoms with Crippen LogP contribution in [0.4, 0.5) is 0 Å². The monoisotopic (exact) mass is 111 g/mol. The van der Waals surface area contributed by atoms with Crippen LogP contribution in [0.25, 0.3) is 0 Å². The molecule has 1 unspecified atom stereocenters. The summed E-state index contributed by atoms with van der Waals surface area (Å²) in [6.07, 6.45) is 2.00. The maximum absolute atomic E-state index is 8.86. The van der Waals surface area contributed by atoms with Gasteiger partial charge in [0, 0.05) is 11.5 Å². The second-order valence-electron chi connectivity index (χ2n) is 2.35. The molecule has 8 heavy (non-hydrogen) atoms.